The molecule has 2 aromatic heterocycles. The molecule has 0 aliphatic rings. The number of pyridine rings is 1. The van der Waals surface area contributed by atoms with Crippen LogP contribution in [0.25, 0.3) is 11.5 Å². The van der Waals surface area contributed by atoms with Crippen LogP contribution in [-0.4, -0.2) is 28.6 Å². The van der Waals surface area contributed by atoms with Crippen molar-refractivity contribution in [3.8, 4) is 11.5 Å². The Hall–Kier alpha value is -2.14. The molecule has 0 aliphatic heterocycles. The minimum absolute atomic E-state index is 0.223. The number of carbonyl (C=O) groups is 1. The lowest BCUT2D eigenvalue weighted by atomic mass is 10.1. The molecule has 0 aliphatic carbocycles. The first-order valence-corrected chi connectivity index (χ1v) is 7.45. The lowest BCUT2D eigenvalue weighted by Crippen LogP contribution is -2.33. The van der Waals surface area contributed by atoms with E-state index in [4.69, 9.17) is 4.42 Å². The number of carbonyl (C=O) groups excluding carboxylic acids is 1. The fourth-order valence-corrected chi connectivity index (χ4v) is 2.30. The zero-order valence-corrected chi connectivity index (χ0v) is 13.2. The highest BCUT2D eigenvalue weighted by molar-refractivity contribution is 5.95. The van der Waals surface area contributed by atoms with E-state index in [1.807, 2.05) is 19.9 Å². The number of amides is 1. The van der Waals surface area contributed by atoms with E-state index < -0.39 is 6.10 Å². The monoisotopic (exact) mass is 302 g/mol. The maximum Gasteiger partial charge on any atom is 0.253 e. The lowest BCUT2D eigenvalue weighted by Gasteiger charge is -2.14. The summed E-state index contributed by atoms with van der Waals surface area (Å²) in [5, 5.41) is 12.6. The Kier molecular flexibility index (Phi) is 5.33. The zero-order chi connectivity index (χ0) is 16.1. The Balaban J connectivity index is 2.01. The highest BCUT2D eigenvalue weighted by Gasteiger charge is 2.14. The number of aliphatic hydroxyl groups excluding tert-OH is 1. The van der Waals surface area contributed by atoms with Gasteiger partial charge in [-0.2, -0.15) is 0 Å². The summed E-state index contributed by atoms with van der Waals surface area (Å²) >= 11 is 0. The molecule has 0 bridgehead atoms. The Morgan fingerprint density at radius 1 is 1.36 bits per heavy atom. The molecule has 2 heterocycles. The number of hydrogen-bond donors (Lipinski definition) is 2. The van der Waals surface area contributed by atoms with Crippen LogP contribution in [0.5, 0.6) is 0 Å². The first-order valence-electron chi connectivity index (χ1n) is 7.45. The fraction of sp³-hybridized carbons (Fsp3) is 0.412. The third-order valence-corrected chi connectivity index (χ3v) is 3.35. The smallest absolute Gasteiger partial charge is 0.253 e. The molecule has 0 saturated carbocycles. The number of nitrogens with one attached hydrogen (secondary N) is 1. The Bertz CT molecular complexity index is 621. The first kappa shape index (κ1) is 16.2. The van der Waals surface area contributed by atoms with E-state index in [9.17, 15) is 9.90 Å². The molecule has 5 heteroatoms. The molecule has 1 atom stereocenters. The molecule has 1 unspecified atom stereocenters. The van der Waals surface area contributed by atoms with E-state index in [2.05, 4.69) is 10.3 Å². The van der Waals surface area contributed by atoms with Crippen molar-refractivity contribution < 1.29 is 14.3 Å². The molecule has 22 heavy (non-hydrogen) atoms. The molecule has 0 spiro atoms. The second-order valence-electron chi connectivity index (χ2n) is 5.80. The summed E-state index contributed by atoms with van der Waals surface area (Å²) in [6.45, 7) is 6.10. The number of rotatable bonds is 6. The van der Waals surface area contributed by atoms with E-state index in [-0.39, 0.29) is 12.5 Å². The van der Waals surface area contributed by atoms with Gasteiger partial charge in [0.1, 0.15) is 5.69 Å². The van der Waals surface area contributed by atoms with Crippen molar-refractivity contribution in [2.45, 2.75) is 33.3 Å². The Morgan fingerprint density at radius 2 is 2.14 bits per heavy atom. The van der Waals surface area contributed by atoms with Crippen LogP contribution in [0.3, 0.4) is 0 Å². The van der Waals surface area contributed by atoms with E-state index >= 15 is 0 Å². The van der Waals surface area contributed by atoms with Gasteiger partial charge in [-0.15, -0.1) is 0 Å². The fourth-order valence-electron chi connectivity index (χ4n) is 2.30. The predicted molar refractivity (Wildman–Crippen MR) is 84.5 cm³/mol. The van der Waals surface area contributed by atoms with Gasteiger partial charge in [0.05, 0.1) is 23.6 Å². The highest BCUT2D eigenvalue weighted by atomic mass is 16.3. The number of aromatic nitrogens is 1. The van der Waals surface area contributed by atoms with E-state index in [1.54, 1.807) is 31.4 Å². The minimum Gasteiger partial charge on any atom is -0.463 e. The first-order chi connectivity index (χ1) is 10.5. The van der Waals surface area contributed by atoms with Crippen LogP contribution in [0, 0.1) is 12.8 Å². The largest absolute Gasteiger partial charge is 0.463 e. The van der Waals surface area contributed by atoms with Crippen LogP contribution < -0.4 is 5.32 Å². The number of nitrogens with zero attached hydrogens (tertiary/aromatic N) is 1. The normalized spacial score (nSPS) is 12.4. The summed E-state index contributed by atoms with van der Waals surface area (Å²) in [4.78, 5) is 16.6. The summed E-state index contributed by atoms with van der Waals surface area (Å²) in [6.07, 6.45) is 1.72. The van der Waals surface area contributed by atoms with E-state index in [1.165, 1.54) is 0 Å². The van der Waals surface area contributed by atoms with Crippen LogP contribution in [-0.2, 0) is 0 Å². The zero-order valence-electron chi connectivity index (χ0n) is 13.2. The quantitative estimate of drug-likeness (QED) is 0.860. The van der Waals surface area contributed by atoms with Crippen LogP contribution in [0.2, 0.25) is 0 Å². The summed E-state index contributed by atoms with van der Waals surface area (Å²) < 4.78 is 5.29. The molecule has 2 N–H and O–H groups in total. The van der Waals surface area contributed by atoms with Gasteiger partial charge in [0.25, 0.3) is 5.91 Å². The summed E-state index contributed by atoms with van der Waals surface area (Å²) in [5.41, 5.74) is 1.83. The average Bonchev–Trinajstić information content (AvgIpc) is 2.98. The topological polar surface area (TPSA) is 75.4 Å². The van der Waals surface area contributed by atoms with Crippen molar-refractivity contribution in [2.75, 3.05) is 6.54 Å². The molecular weight excluding hydrogens is 280 g/mol. The van der Waals surface area contributed by atoms with Gasteiger partial charge in [-0.05, 0) is 43.5 Å². The third-order valence-electron chi connectivity index (χ3n) is 3.35. The molecular formula is C17H22N2O3. The van der Waals surface area contributed by atoms with Gasteiger partial charge < -0.3 is 14.8 Å². The van der Waals surface area contributed by atoms with Gasteiger partial charge in [0, 0.05) is 6.54 Å². The molecule has 0 saturated heterocycles. The number of aryl methyl sites for hydroxylation is 1. The van der Waals surface area contributed by atoms with Crippen LogP contribution in [0.1, 0.15) is 36.3 Å². The van der Waals surface area contributed by atoms with Crippen LogP contribution >= 0.6 is 0 Å². The molecule has 2 aromatic rings. The van der Waals surface area contributed by atoms with Crippen molar-refractivity contribution >= 4 is 5.91 Å². The van der Waals surface area contributed by atoms with Gasteiger partial charge in [-0.25, -0.2) is 4.98 Å². The number of furan rings is 1. The van der Waals surface area contributed by atoms with Crippen molar-refractivity contribution in [3.05, 3.63) is 41.8 Å². The van der Waals surface area contributed by atoms with Gasteiger partial charge in [-0.3, -0.25) is 4.79 Å². The van der Waals surface area contributed by atoms with Crippen molar-refractivity contribution in [2.24, 2.45) is 5.92 Å². The van der Waals surface area contributed by atoms with Crippen LogP contribution in [0.4, 0.5) is 0 Å². The van der Waals surface area contributed by atoms with Gasteiger partial charge in [0.15, 0.2) is 5.76 Å². The second-order valence-corrected chi connectivity index (χ2v) is 5.80. The summed E-state index contributed by atoms with van der Waals surface area (Å²) in [7, 11) is 0. The minimum atomic E-state index is -0.528. The molecule has 5 nitrogen and oxygen atoms in total. The molecule has 0 radical (unpaired) electrons. The maximum atomic E-state index is 12.2. The van der Waals surface area contributed by atoms with Crippen molar-refractivity contribution in [3.63, 3.8) is 0 Å². The highest BCUT2D eigenvalue weighted by Crippen LogP contribution is 2.19. The number of hydrogen-bond acceptors (Lipinski definition) is 4. The van der Waals surface area contributed by atoms with E-state index in [0.29, 0.717) is 35.1 Å². The van der Waals surface area contributed by atoms with Crippen LogP contribution in [0.15, 0.2) is 34.9 Å². The standard InChI is InChI=1S/C17H22N2O3/c1-11(2)9-13(20)10-18-17(21)14-6-7-15(19-12(14)3)16-5-4-8-22-16/h4-8,11,13,20H,9-10H2,1-3H3,(H,18,21). The lowest BCUT2D eigenvalue weighted by molar-refractivity contribution is 0.0899. The molecule has 118 valence electrons. The van der Waals surface area contributed by atoms with Crippen molar-refractivity contribution in [1.29, 1.82) is 0 Å². The average molecular weight is 302 g/mol. The second kappa shape index (κ2) is 7.22. The van der Waals surface area contributed by atoms with Gasteiger partial charge in [0.2, 0.25) is 0 Å². The molecule has 0 fully saturated rings. The molecule has 0 aromatic carbocycles. The predicted octanol–water partition coefficient (Wildman–Crippen LogP) is 2.79. The van der Waals surface area contributed by atoms with E-state index in [0.717, 1.165) is 0 Å². The summed E-state index contributed by atoms with van der Waals surface area (Å²) in [6, 6.07) is 7.10. The molecule has 1 amide bonds. The SMILES string of the molecule is Cc1nc(-c2ccco2)ccc1C(=O)NCC(O)CC(C)C. The maximum absolute atomic E-state index is 12.2. The van der Waals surface area contributed by atoms with Gasteiger partial charge >= 0.3 is 0 Å². The van der Waals surface area contributed by atoms with Gasteiger partial charge in [-0.1, -0.05) is 13.8 Å². The number of aliphatic hydroxyl groups is 1. The Labute approximate surface area is 130 Å². The summed E-state index contributed by atoms with van der Waals surface area (Å²) in [5.74, 6) is 0.837. The third kappa shape index (κ3) is 4.18. The van der Waals surface area contributed by atoms with Crippen molar-refractivity contribution in [1.82, 2.24) is 10.3 Å². The molecule has 2 rings (SSSR count). The Morgan fingerprint density at radius 3 is 2.73 bits per heavy atom.